The molecule has 1 fully saturated rings. The average Bonchev–Trinajstić information content (AvgIpc) is 2.82. The minimum Gasteiger partial charge on any atom is -0.0620 e. The molecule has 1 aromatic carbocycles. The number of benzene rings is 1. The van der Waals surface area contributed by atoms with Crippen LogP contribution in [0, 0.1) is 5.92 Å². The molecule has 70 valence electrons. The topological polar surface area (TPSA) is 0 Å². The van der Waals surface area contributed by atoms with Crippen molar-refractivity contribution >= 4 is 0 Å². The second-order valence-corrected chi connectivity index (χ2v) is 4.60. The first-order valence-electron chi connectivity index (χ1n) is 5.29. The van der Waals surface area contributed by atoms with Gasteiger partial charge in [-0.3, -0.25) is 0 Å². The summed E-state index contributed by atoms with van der Waals surface area (Å²) in [6, 6.07) is 8.92. The van der Waals surface area contributed by atoms with E-state index in [0.29, 0.717) is 5.92 Å². The standard InChI is InChI=1S/C13H18/c1-9(2)11-6-4-5-7-12(11)13-8-10(13)3/h4-7,9-10,13H,8H2,1-3H3/t10-,13+/m1/s1. The second kappa shape index (κ2) is 3.17. The third kappa shape index (κ3) is 1.63. The Hall–Kier alpha value is -0.780. The van der Waals surface area contributed by atoms with Crippen molar-refractivity contribution < 1.29 is 0 Å². The van der Waals surface area contributed by atoms with Gasteiger partial charge < -0.3 is 0 Å². The van der Waals surface area contributed by atoms with Crippen LogP contribution in [-0.4, -0.2) is 0 Å². The zero-order valence-corrected chi connectivity index (χ0v) is 8.75. The van der Waals surface area contributed by atoms with Gasteiger partial charge in [-0.1, -0.05) is 45.0 Å². The molecule has 0 aliphatic heterocycles. The summed E-state index contributed by atoms with van der Waals surface area (Å²) in [5, 5.41) is 0. The molecule has 1 aromatic rings. The van der Waals surface area contributed by atoms with Gasteiger partial charge in [0.25, 0.3) is 0 Å². The van der Waals surface area contributed by atoms with Crippen molar-refractivity contribution in [1.29, 1.82) is 0 Å². The van der Waals surface area contributed by atoms with Crippen LogP contribution in [0.5, 0.6) is 0 Å². The van der Waals surface area contributed by atoms with Crippen molar-refractivity contribution in [2.75, 3.05) is 0 Å². The minimum atomic E-state index is 0.670. The van der Waals surface area contributed by atoms with E-state index in [0.717, 1.165) is 11.8 Å². The Balaban J connectivity index is 2.33. The molecule has 0 unspecified atom stereocenters. The lowest BCUT2D eigenvalue weighted by Crippen LogP contribution is -1.94. The lowest BCUT2D eigenvalue weighted by atomic mass is 9.94. The lowest BCUT2D eigenvalue weighted by molar-refractivity contribution is 0.824. The van der Waals surface area contributed by atoms with E-state index in [1.807, 2.05) is 0 Å². The molecular formula is C13H18. The minimum absolute atomic E-state index is 0.670. The van der Waals surface area contributed by atoms with Crippen LogP contribution in [0.2, 0.25) is 0 Å². The molecule has 0 aromatic heterocycles. The third-order valence-electron chi connectivity index (χ3n) is 3.13. The van der Waals surface area contributed by atoms with Crippen LogP contribution in [0.4, 0.5) is 0 Å². The van der Waals surface area contributed by atoms with Crippen LogP contribution in [0.1, 0.15) is 50.2 Å². The molecule has 2 atom stereocenters. The quantitative estimate of drug-likeness (QED) is 0.637. The molecule has 0 heterocycles. The number of hydrogen-bond acceptors (Lipinski definition) is 0. The summed E-state index contributed by atoms with van der Waals surface area (Å²) in [6.07, 6.45) is 1.39. The summed E-state index contributed by atoms with van der Waals surface area (Å²) < 4.78 is 0. The molecular weight excluding hydrogens is 156 g/mol. The normalized spacial score (nSPS) is 26.5. The van der Waals surface area contributed by atoms with Crippen LogP contribution >= 0.6 is 0 Å². The molecule has 0 heteroatoms. The highest BCUT2D eigenvalue weighted by atomic mass is 14.4. The lowest BCUT2D eigenvalue weighted by Gasteiger charge is -2.11. The van der Waals surface area contributed by atoms with Crippen molar-refractivity contribution in [3.05, 3.63) is 35.4 Å². The Bertz CT molecular complexity index is 299. The van der Waals surface area contributed by atoms with Gasteiger partial charge in [-0.05, 0) is 35.3 Å². The van der Waals surface area contributed by atoms with E-state index >= 15 is 0 Å². The molecule has 0 N–H and O–H groups in total. The summed E-state index contributed by atoms with van der Waals surface area (Å²) in [5.41, 5.74) is 3.15. The molecule has 1 saturated carbocycles. The predicted molar refractivity (Wildman–Crippen MR) is 57.1 cm³/mol. The molecule has 1 aliphatic rings. The van der Waals surface area contributed by atoms with E-state index in [2.05, 4.69) is 45.0 Å². The van der Waals surface area contributed by atoms with Crippen molar-refractivity contribution in [3.8, 4) is 0 Å². The highest BCUT2D eigenvalue weighted by molar-refractivity contribution is 5.36. The van der Waals surface area contributed by atoms with Crippen LogP contribution in [0.3, 0.4) is 0 Å². The van der Waals surface area contributed by atoms with Gasteiger partial charge in [0.05, 0.1) is 0 Å². The fraction of sp³-hybridized carbons (Fsp3) is 0.538. The zero-order valence-electron chi connectivity index (χ0n) is 8.75. The van der Waals surface area contributed by atoms with Gasteiger partial charge in [0.2, 0.25) is 0 Å². The van der Waals surface area contributed by atoms with Gasteiger partial charge in [-0.15, -0.1) is 0 Å². The van der Waals surface area contributed by atoms with Crippen molar-refractivity contribution in [2.24, 2.45) is 5.92 Å². The van der Waals surface area contributed by atoms with E-state index in [1.165, 1.54) is 6.42 Å². The Morgan fingerprint density at radius 3 is 2.38 bits per heavy atom. The molecule has 0 bridgehead atoms. The molecule has 13 heavy (non-hydrogen) atoms. The maximum Gasteiger partial charge on any atom is -0.0130 e. The van der Waals surface area contributed by atoms with E-state index < -0.39 is 0 Å². The largest absolute Gasteiger partial charge is 0.0620 e. The Morgan fingerprint density at radius 1 is 1.23 bits per heavy atom. The van der Waals surface area contributed by atoms with Gasteiger partial charge >= 0.3 is 0 Å². The first kappa shape index (κ1) is 8.80. The van der Waals surface area contributed by atoms with Crippen LogP contribution < -0.4 is 0 Å². The van der Waals surface area contributed by atoms with E-state index in [1.54, 1.807) is 11.1 Å². The van der Waals surface area contributed by atoms with Gasteiger partial charge in [0, 0.05) is 0 Å². The molecule has 1 aliphatic carbocycles. The summed E-state index contributed by atoms with van der Waals surface area (Å²) >= 11 is 0. The average molecular weight is 174 g/mol. The van der Waals surface area contributed by atoms with Gasteiger partial charge in [0.1, 0.15) is 0 Å². The van der Waals surface area contributed by atoms with Crippen LogP contribution in [-0.2, 0) is 0 Å². The summed E-state index contributed by atoms with van der Waals surface area (Å²) in [5.74, 6) is 2.45. The Kier molecular flexibility index (Phi) is 2.15. The molecule has 0 saturated heterocycles. The van der Waals surface area contributed by atoms with Crippen LogP contribution in [0.25, 0.3) is 0 Å². The zero-order chi connectivity index (χ0) is 9.42. The van der Waals surface area contributed by atoms with Crippen molar-refractivity contribution in [3.63, 3.8) is 0 Å². The number of hydrogen-bond donors (Lipinski definition) is 0. The van der Waals surface area contributed by atoms with Gasteiger partial charge in [0.15, 0.2) is 0 Å². The van der Waals surface area contributed by atoms with Gasteiger partial charge in [-0.25, -0.2) is 0 Å². The predicted octanol–water partition coefficient (Wildman–Crippen LogP) is 3.93. The van der Waals surface area contributed by atoms with Crippen molar-refractivity contribution in [1.82, 2.24) is 0 Å². The molecule has 2 rings (SSSR count). The van der Waals surface area contributed by atoms with E-state index in [4.69, 9.17) is 0 Å². The molecule has 0 spiro atoms. The number of rotatable bonds is 2. The maximum absolute atomic E-state index is 2.35. The second-order valence-electron chi connectivity index (χ2n) is 4.60. The molecule has 0 radical (unpaired) electrons. The fourth-order valence-corrected chi connectivity index (χ4v) is 2.13. The summed E-state index contributed by atoms with van der Waals surface area (Å²) in [7, 11) is 0. The Morgan fingerprint density at radius 2 is 1.85 bits per heavy atom. The maximum atomic E-state index is 2.35. The van der Waals surface area contributed by atoms with E-state index in [-0.39, 0.29) is 0 Å². The molecule has 0 amide bonds. The monoisotopic (exact) mass is 174 g/mol. The SMILES string of the molecule is CC(C)c1ccccc1[C@H]1C[C@H]1C. The highest BCUT2D eigenvalue weighted by Gasteiger charge is 2.35. The van der Waals surface area contributed by atoms with Crippen molar-refractivity contribution in [2.45, 2.75) is 39.0 Å². The van der Waals surface area contributed by atoms with Crippen LogP contribution in [0.15, 0.2) is 24.3 Å². The van der Waals surface area contributed by atoms with Gasteiger partial charge in [-0.2, -0.15) is 0 Å². The first-order chi connectivity index (χ1) is 6.20. The summed E-state index contributed by atoms with van der Waals surface area (Å²) in [4.78, 5) is 0. The first-order valence-corrected chi connectivity index (χ1v) is 5.29. The summed E-state index contributed by atoms with van der Waals surface area (Å²) in [6.45, 7) is 6.92. The smallest absolute Gasteiger partial charge is 0.0130 e. The van der Waals surface area contributed by atoms with E-state index in [9.17, 15) is 0 Å². The highest BCUT2D eigenvalue weighted by Crippen LogP contribution is 2.48. The molecule has 0 nitrogen and oxygen atoms in total. The third-order valence-corrected chi connectivity index (χ3v) is 3.13. The fourth-order valence-electron chi connectivity index (χ4n) is 2.13. The Labute approximate surface area is 81.0 Å².